The Morgan fingerprint density at radius 1 is 1.17 bits per heavy atom. The van der Waals surface area contributed by atoms with Crippen LogP contribution in [0.5, 0.6) is 0 Å². The number of carbonyl (C=O) groups excluding carboxylic acids is 1. The van der Waals surface area contributed by atoms with Gasteiger partial charge in [-0.3, -0.25) is 4.79 Å². The van der Waals surface area contributed by atoms with Crippen LogP contribution in [0.25, 0.3) is 11.0 Å². The number of amides is 1. The lowest BCUT2D eigenvalue weighted by atomic mass is 10.1. The summed E-state index contributed by atoms with van der Waals surface area (Å²) in [4.78, 5) is 12.4. The summed E-state index contributed by atoms with van der Waals surface area (Å²) < 4.78 is 43.4. The van der Waals surface area contributed by atoms with Crippen molar-refractivity contribution in [2.45, 2.75) is 13.1 Å². The van der Waals surface area contributed by atoms with E-state index in [2.05, 4.69) is 5.32 Å². The third-order valence-corrected chi connectivity index (χ3v) is 3.91. The first-order valence-electron chi connectivity index (χ1n) is 6.93. The summed E-state index contributed by atoms with van der Waals surface area (Å²) >= 11 is 5.84. The molecule has 0 saturated heterocycles. The van der Waals surface area contributed by atoms with Crippen molar-refractivity contribution in [3.05, 3.63) is 64.4 Å². The normalized spacial score (nSPS) is 11.7. The summed E-state index contributed by atoms with van der Waals surface area (Å²) in [6.07, 6.45) is -4.50. The Hall–Kier alpha value is -2.47. The molecule has 0 radical (unpaired) electrons. The van der Waals surface area contributed by atoms with E-state index in [4.69, 9.17) is 16.0 Å². The molecule has 0 atom stereocenters. The van der Waals surface area contributed by atoms with E-state index >= 15 is 0 Å². The van der Waals surface area contributed by atoms with Gasteiger partial charge in [0.15, 0.2) is 5.76 Å². The zero-order chi connectivity index (χ0) is 17.5. The fourth-order valence-electron chi connectivity index (χ4n) is 2.36. The highest BCUT2D eigenvalue weighted by molar-refractivity contribution is 6.34. The number of alkyl halides is 3. The van der Waals surface area contributed by atoms with Crippen LogP contribution in [0.3, 0.4) is 0 Å². The van der Waals surface area contributed by atoms with Crippen LogP contribution >= 0.6 is 11.6 Å². The molecule has 0 aliphatic heterocycles. The van der Waals surface area contributed by atoms with Gasteiger partial charge in [-0.15, -0.1) is 0 Å². The standard InChI is InChI=1S/C17H11ClF3NO2/c1-9-11-4-2-3-5-14(11)24-15(9)16(23)22-13-7-6-10(8-12(13)18)17(19,20)21/h2-8H,1H3,(H,22,23). The lowest BCUT2D eigenvalue weighted by Crippen LogP contribution is -2.13. The highest BCUT2D eigenvalue weighted by Crippen LogP contribution is 2.34. The van der Waals surface area contributed by atoms with Gasteiger partial charge in [0.05, 0.1) is 16.3 Å². The number of rotatable bonds is 2. The molecular weight excluding hydrogens is 343 g/mol. The van der Waals surface area contributed by atoms with E-state index in [-0.39, 0.29) is 16.5 Å². The minimum Gasteiger partial charge on any atom is -0.451 e. The largest absolute Gasteiger partial charge is 0.451 e. The molecule has 0 bridgehead atoms. The summed E-state index contributed by atoms with van der Waals surface area (Å²) in [5, 5.41) is 3.07. The molecule has 1 amide bonds. The average molecular weight is 354 g/mol. The summed E-state index contributed by atoms with van der Waals surface area (Å²) in [5.41, 5.74) is 0.393. The molecule has 0 spiro atoms. The van der Waals surface area contributed by atoms with E-state index in [0.29, 0.717) is 11.1 Å². The van der Waals surface area contributed by atoms with Gasteiger partial charge >= 0.3 is 6.18 Å². The van der Waals surface area contributed by atoms with Crippen LogP contribution in [0.2, 0.25) is 5.02 Å². The number of fused-ring (bicyclic) bond motifs is 1. The number of nitrogens with one attached hydrogen (secondary N) is 1. The number of anilines is 1. The molecule has 124 valence electrons. The Morgan fingerprint density at radius 3 is 2.50 bits per heavy atom. The number of hydrogen-bond acceptors (Lipinski definition) is 2. The van der Waals surface area contributed by atoms with Gasteiger partial charge in [0, 0.05) is 10.9 Å². The smallest absolute Gasteiger partial charge is 0.416 e. The predicted molar refractivity (Wildman–Crippen MR) is 85.4 cm³/mol. The maximum atomic E-state index is 12.6. The Balaban J connectivity index is 1.90. The molecule has 0 aliphatic carbocycles. The van der Waals surface area contributed by atoms with Crippen LogP contribution in [0.4, 0.5) is 18.9 Å². The molecule has 0 saturated carbocycles. The van der Waals surface area contributed by atoms with Gasteiger partial charge in [-0.2, -0.15) is 13.2 Å². The van der Waals surface area contributed by atoms with Crippen molar-refractivity contribution >= 4 is 34.2 Å². The van der Waals surface area contributed by atoms with Gasteiger partial charge in [0.25, 0.3) is 5.91 Å². The van der Waals surface area contributed by atoms with Gasteiger partial charge in [0.2, 0.25) is 0 Å². The molecule has 1 N–H and O–H groups in total. The van der Waals surface area contributed by atoms with Gasteiger partial charge in [-0.25, -0.2) is 0 Å². The minimum absolute atomic E-state index is 0.0783. The lowest BCUT2D eigenvalue weighted by molar-refractivity contribution is -0.137. The van der Waals surface area contributed by atoms with Crippen molar-refractivity contribution in [3.63, 3.8) is 0 Å². The molecular formula is C17H11ClF3NO2. The molecule has 2 aromatic carbocycles. The van der Waals surface area contributed by atoms with Gasteiger partial charge in [0.1, 0.15) is 5.58 Å². The fraction of sp³-hybridized carbons (Fsp3) is 0.118. The second-order valence-electron chi connectivity index (χ2n) is 5.20. The topological polar surface area (TPSA) is 42.2 Å². The van der Waals surface area contributed by atoms with E-state index in [0.717, 1.165) is 23.6 Å². The first-order valence-corrected chi connectivity index (χ1v) is 7.31. The highest BCUT2D eigenvalue weighted by Gasteiger charge is 2.31. The van der Waals surface area contributed by atoms with Gasteiger partial charge in [-0.1, -0.05) is 29.8 Å². The average Bonchev–Trinajstić information content (AvgIpc) is 2.86. The third kappa shape index (κ3) is 2.97. The van der Waals surface area contributed by atoms with Crippen molar-refractivity contribution in [2.24, 2.45) is 0 Å². The van der Waals surface area contributed by atoms with Gasteiger partial charge in [-0.05, 0) is 31.2 Å². The van der Waals surface area contributed by atoms with Crippen molar-refractivity contribution in [3.8, 4) is 0 Å². The number of aryl methyl sites for hydroxylation is 1. The number of benzene rings is 2. The molecule has 1 aromatic heterocycles. The van der Waals surface area contributed by atoms with E-state index in [1.807, 2.05) is 12.1 Å². The summed E-state index contributed by atoms with van der Waals surface area (Å²) in [7, 11) is 0. The van der Waals surface area contributed by atoms with Crippen LogP contribution in [0, 0.1) is 6.92 Å². The SMILES string of the molecule is Cc1c(C(=O)Nc2ccc(C(F)(F)F)cc2Cl)oc2ccccc12. The minimum atomic E-state index is -4.50. The Labute approximate surface area is 140 Å². The maximum Gasteiger partial charge on any atom is 0.416 e. The first kappa shape index (κ1) is 16.4. The van der Waals surface area contributed by atoms with Crippen molar-refractivity contribution in [2.75, 3.05) is 5.32 Å². The van der Waals surface area contributed by atoms with Gasteiger partial charge < -0.3 is 9.73 Å². The monoisotopic (exact) mass is 353 g/mol. The molecule has 1 heterocycles. The van der Waals surface area contributed by atoms with Crippen LogP contribution in [-0.2, 0) is 6.18 Å². The van der Waals surface area contributed by atoms with E-state index in [1.165, 1.54) is 0 Å². The number of halogens is 4. The number of furan rings is 1. The maximum absolute atomic E-state index is 12.6. The number of carbonyl (C=O) groups is 1. The van der Waals surface area contributed by atoms with E-state index < -0.39 is 17.6 Å². The van der Waals surface area contributed by atoms with Crippen molar-refractivity contribution in [1.82, 2.24) is 0 Å². The molecule has 7 heteroatoms. The van der Waals surface area contributed by atoms with Crippen molar-refractivity contribution < 1.29 is 22.4 Å². The van der Waals surface area contributed by atoms with Crippen LogP contribution in [0.15, 0.2) is 46.9 Å². The molecule has 3 nitrogen and oxygen atoms in total. The van der Waals surface area contributed by atoms with Crippen LogP contribution in [-0.4, -0.2) is 5.91 Å². The second kappa shape index (κ2) is 5.87. The second-order valence-corrected chi connectivity index (χ2v) is 5.61. The molecule has 3 rings (SSSR count). The third-order valence-electron chi connectivity index (χ3n) is 3.59. The summed E-state index contributed by atoms with van der Waals surface area (Å²) in [6, 6.07) is 9.87. The molecule has 24 heavy (non-hydrogen) atoms. The fourth-order valence-corrected chi connectivity index (χ4v) is 2.59. The molecule has 3 aromatic rings. The Morgan fingerprint density at radius 2 is 1.88 bits per heavy atom. The molecule has 0 aliphatic rings. The van der Waals surface area contributed by atoms with E-state index in [9.17, 15) is 18.0 Å². The molecule has 0 unspecified atom stereocenters. The zero-order valence-electron chi connectivity index (χ0n) is 12.4. The Kier molecular flexibility index (Phi) is 4.01. The quantitative estimate of drug-likeness (QED) is 0.645. The lowest BCUT2D eigenvalue weighted by Gasteiger charge is -2.10. The summed E-state index contributed by atoms with van der Waals surface area (Å²) in [5.74, 6) is -0.488. The molecule has 0 fully saturated rings. The van der Waals surface area contributed by atoms with E-state index in [1.54, 1.807) is 19.1 Å². The highest BCUT2D eigenvalue weighted by atomic mass is 35.5. The van der Waals surface area contributed by atoms with Crippen LogP contribution < -0.4 is 5.32 Å². The predicted octanol–water partition coefficient (Wildman–Crippen LogP) is 5.67. The van der Waals surface area contributed by atoms with Crippen LogP contribution in [0.1, 0.15) is 21.7 Å². The number of para-hydroxylation sites is 1. The number of hydrogen-bond donors (Lipinski definition) is 1. The summed E-state index contributed by atoms with van der Waals surface area (Å²) in [6.45, 7) is 1.73. The zero-order valence-corrected chi connectivity index (χ0v) is 13.1. The first-order chi connectivity index (χ1) is 11.3. The Bertz CT molecular complexity index is 931. The van der Waals surface area contributed by atoms with Crippen molar-refractivity contribution in [1.29, 1.82) is 0 Å².